The van der Waals surface area contributed by atoms with Crippen molar-refractivity contribution in [1.82, 2.24) is 0 Å². The number of hydrogen-bond donors (Lipinski definition) is 0. The van der Waals surface area contributed by atoms with Gasteiger partial charge in [0.05, 0.1) is 0 Å². The third kappa shape index (κ3) is 3.76. The zero-order valence-corrected chi connectivity index (χ0v) is 15.6. The van der Waals surface area contributed by atoms with Gasteiger partial charge in [-0.15, -0.1) is 0 Å². The second-order valence-electron chi connectivity index (χ2n) is 5.58. The third-order valence-corrected chi connectivity index (χ3v) is 17.1. The van der Waals surface area contributed by atoms with Crippen LogP contribution in [-0.4, -0.2) is 21.3 Å². The van der Waals surface area contributed by atoms with Crippen LogP contribution in [0, 0.1) is 10.3 Å². The van der Waals surface area contributed by atoms with Crippen LogP contribution in [0.25, 0.3) is 0 Å². The summed E-state index contributed by atoms with van der Waals surface area (Å²) in [5, 5.41) is 5.51. The zero-order valence-electron chi connectivity index (χ0n) is 12.5. The van der Waals surface area contributed by atoms with Gasteiger partial charge in [0, 0.05) is 0 Å². The first-order valence-electron chi connectivity index (χ1n) is 7.09. The van der Waals surface area contributed by atoms with Crippen LogP contribution in [0.5, 0.6) is 0 Å². The Balaban J connectivity index is 3.03. The summed E-state index contributed by atoms with van der Waals surface area (Å²) >= 11 is -1.82. The van der Waals surface area contributed by atoms with Crippen LogP contribution in [0.3, 0.4) is 0 Å². The minimum absolute atomic E-state index is 1.35. The van der Waals surface area contributed by atoms with E-state index in [9.17, 15) is 0 Å². The van der Waals surface area contributed by atoms with Crippen LogP contribution in [0.4, 0.5) is 0 Å². The quantitative estimate of drug-likeness (QED) is 0.577. The van der Waals surface area contributed by atoms with E-state index in [4.69, 9.17) is 0 Å². The summed E-state index contributed by atoms with van der Waals surface area (Å²) in [6.07, 6.45) is 0. The van der Waals surface area contributed by atoms with Crippen LogP contribution in [0.15, 0.2) is 30.3 Å². The van der Waals surface area contributed by atoms with Gasteiger partial charge in [0.25, 0.3) is 0 Å². The maximum absolute atomic E-state index is 3.82. The Morgan fingerprint density at radius 3 is 1.89 bits per heavy atom. The van der Waals surface area contributed by atoms with Gasteiger partial charge in [-0.3, -0.25) is 0 Å². The Morgan fingerprint density at radius 2 is 1.44 bits per heavy atom. The van der Waals surface area contributed by atoms with Crippen molar-refractivity contribution in [2.75, 3.05) is 0 Å². The third-order valence-electron chi connectivity index (χ3n) is 4.17. The molecule has 0 atom stereocenters. The van der Waals surface area contributed by atoms with E-state index in [0.717, 1.165) is 0 Å². The summed E-state index contributed by atoms with van der Waals surface area (Å²) in [4.78, 5) is 0. The van der Waals surface area contributed by atoms with Gasteiger partial charge in [0.1, 0.15) is 0 Å². The molecule has 0 aliphatic heterocycles. The van der Waals surface area contributed by atoms with E-state index >= 15 is 0 Å². The summed E-state index contributed by atoms with van der Waals surface area (Å²) in [5.41, 5.74) is 3.74. The molecule has 0 unspecified atom stereocenters. The Morgan fingerprint density at radius 1 is 0.944 bits per heavy atom. The van der Waals surface area contributed by atoms with E-state index in [1.54, 1.807) is 0 Å². The molecule has 0 saturated heterocycles. The molecule has 2 heteroatoms. The molecule has 0 aliphatic carbocycles. The first-order chi connectivity index (χ1) is 8.49. The first kappa shape index (κ1) is 15.6. The monoisotopic (exact) mass is 320 g/mol. The normalized spacial score (nSPS) is 11.8. The number of rotatable bonds is 4. The fraction of sp³-hybridized carbons (Fsp3) is 0.500. The van der Waals surface area contributed by atoms with Gasteiger partial charge in [-0.05, 0) is 0 Å². The van der Waals surface area contributed by atoms with E-state index in [0.29, 0.717) is 0 Å². The molecule has 0 aliphatic rings. The van der Waals surface area contributed by atoms with Crippen molar-refractivity contribution in [3.05, 3.63) is 30.3 Å². The summed E-state index contributed by atoms with van der Waals surface area (Å²) in [5.74, 6) is 0. The summed E-state index contributed by atoms with van der Waals surface area (Å²) in [6, 6.07) is 10.9. The average Bonchev–Trinajstić information content (AvgIpc) is 2.42. The molecule has 0 nitrogen and oxygen atoms in total. The van der Waals surface area contributed by atoms with Crippen LogP contribution in [0.1, 0.15) is 20.8 Å². The van der Waals surface area contributed by atoms with Crippen molar-refractivity contribution >= 4 is 26.5 Å². The molecule has 0 radical (unpaired) electrons. The molecule has 0 heterocycles. The second-order valence-corrected chi connectivity index (χ2v) is 20.0. The van der Waals surface area contributed by atoms with Gasteiger partial charge in [0.15, 0.2) is 0 Å². The van der Waals surface area contributed by atoms with E-state index in [-0.39, 0.29) is 0 Å². The molecule has 1 rings (SSSR count). The number of benzene rings is 1. The summed E-state index contributed by atoms with van der Waals surface area (Å²) in [7, 11) is -1.55. The molecule has 0 aromatic heterocycles. The zero-order chi connectivity index (χ0) is 13.6. The first-order valence-corrected chi connectivity index (χ1v) is 15.6. The fourth-order valence-electron chi connectivity index (χ4n) is 2.23. The second kappa shape index (κ2) is 6.63. The van der Waals surface area contributed by atoms with Crippen molar-refractivity contribution in [3.8, 4) is 10.3 Å². The van der Waals surface area contributed by atoms with Crippen LogP contribution in [-0.2, 0) is 0 Å². The van der Waals surface area contributed by atoms with Crippen LogP contribution in [0.2, 0.25) is 28.9 Å². The minimum atomic E-state index is -1.82. The Hall–Kier alpha value is -0.460. The Kier molecular flexibility index (Phi) is 5.75. The van der Waals surface area contributed by atoms with Gasteiger partial charge in [-0.25, -0.2) is 0 Å². The van der Waals surface area contributed by atoms with Crippen LogP contribution < -0.4 is 5.19 Å². The van der Waals surface area contributed by atoms with E-state index < -0.39 is 21.3 Å². The van der Waals surface area contributed by atoms with Gasteiger partial charge < -0.3 is 0 Å². The topological polar surface area (TPSA) is 0 Å². The molecule has 0 bridgehead atoms. The SMILES string of the molecule is C[CH2][Ge]([C]#C[Si](C)(C)c1ccccc1)([CH2]C)[CH2]C. The molecule has 1 aromatic rings. The Labute approximate surface area is 117 Å². The standard InChI is InChI=1S/C16H26GeSi/c1-6-17(7-2,8-3)14-15-18(4,5)16-12-10-9-11-13-16/h9-13H,6-8H2,1-5H3. The van der Waals surface area contributed by atoms with Crippen LogP contribution >= 0.6 is 0 Å². The van der Waals surface area contributed by atoms with Crippen molar-refractivity contribution in [1.29, 1.82) is 0 Å². The van der Waals surface area contributed by atoms with Gasteiger partial charge >= 0.3 is 117 Å². The molecule has 1 aromatic carbocycles. The predicted octanol–water partition coefficient (Wildman–Crippen LogP) is 4.19. The molecule has 98 valence electrons. The molecule has 0 N–H and O–H groups in total. The van der Waals surface area contributed by atoms with Crippen molar-refractivity contribution < 1.29 is 0 Å². The molecule has 0 amide bonds. The van der Waals surface area contributed by atoms with Gasteiger partial charge in [-0.2, -0.15) is 0 Å². The average molecular weight is 319 g/mol. The van der Waals surface area contributed by atoms with E-state index in [1.165, 1.54) is 20.9 Å². The van der Waals surface area contributed by atoms with Gasteiger partial charge in [0.2, 0.25) is 0 Å². The van der Waals surface area contributed by atoms with E-state index in [2.05, 4.69) is 74.5 Å². The molecule has 0 spiro atoms. The molecule has 18 heavy (non-hydrogen) atoms. The summed E-state index contributed by atoms with van der Waals surface area (Å²) < 4.78 is 3.82. The van der Waals surface area contributed by atoms with E-state index in [1.807, 2.05) is 0 Å². The van der Waals surface area contributed by atoms with Crippen molar-refractivity contribution in [3.63, 3.8) is 0 Å². The molecule has 0 fully saturated rings. The molecular weight excluding hydrogens is 293 g/mol. The van der Waals surface area contributed by atoms with Crippen molar-refractivity contribution in [2.45, 2.75) is 49.6 Å². The van der Waals surface area contributed by atoms with Gasteiger partial charge in [-0.1, -0.05) is 0 Å². The molecule has 0 saturated carbocycles. The molecular formula is C16H26GeSi. The summed E-state index contributed by atoms with van der Waals surface area (Å²) in [6.45, 7) is 11.8. The maximum atomic E-state index is 3.82. The Bertz CT molecular complexity index is 413. The fourth-order valence-corrected chi connectivity index (χ4v) is 11.9. The van der Waals surface area contributed by atoms with Crippen molar-refractivity contribution in [2.24, 2.45) is 0 Å². The predicted molar refractivity (Wildman–Crippen MR) is 88.5 cm³/mol. The number of hydrogen-bond acceptors (Lipinski definition) is 0.